The minimum absolute atomic E-state index is 0.190. The fourth-order valence-corrected chi connectivity index (χ4v) is 1.25. The monoisotopic (exact) mass is 164 g/mol. The second-order valence-corrected chi connectivity index (χ2v) is 3.31. The zero-order chi connectivity index (χ0) is 8.97. The molecule has 12 heavy (non-hydrogen) atoms. The fraction of sp³-hybridized carbons (Fsp3) is 0.455. The molecular weight excluding hydrogens is 148 g/mol. The molecular formula is C11H16O. The molecule has 0 aliphatic carbocycles. The molecule has 1 heteroatoms. The largest absolute Gasteiger partial charge is 0.393 e. The zero-order valence-corrected chi connectivity index (χ0v) is 7.75. The topological polar surface area (TPSA) is 20.2 Å². The summed E-state index contributed by atoms with van der Waals surface area (Å²) in [5.41, 5.74) is 2.66. The van der Waals surface area contributed by atoms with E-state index >= 15 is 0 Å². The van der Waals surface area contributed by atoms with E-state index in [0.29, 0.717) is 0 Å². The van der Waals surface area contributed by atoms with E-state index in [0.717, 1.165) is 12.8 Å². The predicted molar refractivity (Wildman–Crippen MR) is 51.2 cm³/mol. The summed E-state index contributed by atoms with van der Waals surface area (Å²) in [4.78, 5) is 0. The SMILES string of the molecule is Cc1ccccc1CC[C@H](C)O. The van der Waals surface area contributed by atoms with Crippen molar-refractivity contribution >= 4 is 0 Å². The minimum Gasteiger partial charge on any atom is -0.393 e. The fourth-order valence-electron chi connectivity index (χ4n) is 1.25. The van der Waals surface area contributed by atoms with Crippen LogP contribution in [-0.4, -0.2) is 11.2 Å². The summed E-state index contributed by atoms with van der Waals surface area (Å²) in [6.45, 7) is 3.94. The van der Waals surface area contributed by atoms with Gasteiger partial charge in [-0.25, -0.2) is 0 Å². The van der Waals surface area contributed by atoms with Crippen LogP contribution in [0.3, 0.4) is 0 Å². The molecule has 0 fully saturated rings. The predicted octanol–water partition coefficient (Wildman–Crippen LogP) is 2.31. The van der Waals surface area contributed by atoms with Gasteiger partial charge in [-0.15, -0.1) is 0 Å². The van der Waals surface area contributed by atoms with Crippen LogP contribution in [0.25, 0.3) is 0 Å². The maximum Gasteiger partial charge on any atom is 0.0515 e. The van der Waals surface area contributed by atoms with Crippen molar-refractivity contribution in [2.75, 3.05) is 0 Å². The molecule has 0 unspecified atom stereocenters. The molecule has 0 bridgehead atoms. The third-order valence-corrected chi connectivity index (χ3v) is 2.09. The first-order valence-corrected chi connectivity index (χ1v) is 4.42. The maximum absolute atomic E-state index is 9.10. The van der Waals surface area contributed by atoms with Crippen molar-refractivity contribution < 1.29 is 5.11 Å². The highest BCUT2D eigenvalue weighted by atomic mass is 16.3. The summed E-state index contributed by atoms with van der Waals surface area (Å²) in [6.07, 6.45) is 1.64. The molecule has 0 aliphatic rings. The normalized spacial score (nSPS) is 12.9. The van der Waals surface area contributed by atoms with Crippen molar-refractivity contribution in [1.29, 1.82) is 0 Å². The van der Waals surface area contributed by atoms with Crippen LogP contribution >= 0.6 is 0 Å². The molecule has 1 aromatic rings. The van der Waals surface area contributed by atoms with Gasteiger partial charge < -0.3 is 5.11 Å². The Morgan fingerprint density at radius 1 is 1.33 bits per heavy atom. The van der Waals surface area contributed by atoms with Gasteiger partial charge in [0.1, 0.15) is 0 Å². The van der Waals surface area contributed by atoms with E-state index in [1.807, 2.05) is 19.1 Å². The molecule has 1 aromatic carbocycles. The van der Waals surface area contributed by atoms with Crippen LogP contribution in [0.2, 0.25) is 0 Å². The Bertz CT molecular complexity index is 241. The van der Waals surface area contributed by atoms with Gasteiger partial charge in [0.2, 0.25) is 0 Å². The summed E-state index contributed by atoms with van der Waals surface area (Å²) in [5.74, 6) is 0. The standard InChI is InChI=1S/C11H16O/c1-9-5-3-4-6-11(9)8-7-10(2)12/h3-6,10,12H,7-8H2,1-2H3/t10-/m0/s1. The summed E-state index contributed by atoms with van der Waals surface area (Å²) in [5, 5.41) is 9.10. The quantitative estimate of drug-likeness (QED) is 0.726. The molecule has 1 rings (SSSR count). The molecule has 0 saturated carbocycles. The van der Waals surface area contributed by atoms with E-state index in [2.05, 4.69) is 19.1 Å². The van der Waals surface area contributed by atoms with E-state index in [1.54, 1.807) is 0 Å². The van der Waals surface area contributed by atoms with Crippen LogP contribution in [0.4, 0.5) is 0 Å². The molecule has 1 atom stereocenters. The average molecular weight is 164 g/mol. The first kappa shape index (κ1) is 9.27. The van der Waals surface area contributed by atoms with Gasteiger partial charge in [0, 0.05) is 0 Å². The molecule has 0 radical (unpaired) electrons. The molecule has 0 heterocycles. The minimum atomic E-state index is -0.190. The van der Waals surface area contributed by atoms with Gasteiger partial charge in [0.05, 0.1) is 6.10 Å². The van der Waals surface area contributed by atoms with Crippen molar-refractivity contribution in [2.24, 2.45) is 0 Å². The van der Waals surface area contributed by atoms with E-state index in [-0.39, 0.29) is 6.10 Å². The lowest BCUT2D eigenvalue weighted by molar-refractivity contribution is 0.185. The third-order valence-electron chi connectivity index (χ3n) is 2.09. The lowest BCUT2D eigenvalue weighted by atomic mass is 10.0. The van der Waals surface area contributed by atoms with Gasteiger partial charge in [0.15, 0.2) is 0 Å². The third kappa shape index (κ3) is 2.67. The van der Waals surface area contributed by atoms with Gasteiger partial charge in [0.25, 0.3) is 0 Å². The lowest BCUT2D eigenvalue weighted by Gasteiger charge is -2.06. The Hall–Kier alpha value is -0.820. The first-order valence-electron chi connectivity index (χ1n) is 4.42. The molecule has 1 nitrogen and oxygen atoms in total. The van der Waals surface area contributed by atoms with E-state index in [9.17, 15) is 0 Å². The molecule has 0 aliphatic heterocycles. The second-order valence-electron chi connectivity index (χ2n) is 3.31. The van der Waals surface area contributed by atoms with Gasteiger partial charge >= 0.3 is 0 Å². The number of aliphatic hydroxyl groups is 1. The van der Waals surface area contributed by atoms with Crippen LogP contribution in [0.5, 0.6) is 0 Å². The zero-order valence-electron chi connectivity index (χ0n) is 7.75. The van der Waals surface area contributed by atoms with Gasteiger partial charge in [-0.2, -0.15) is 0 Å². The first-order chi connectivity index (χ1) is 5.70. The molecule has 0 spiro atoms. The number of hydrogen-bond donors (Lipinski definition) is 1. The van der Waals surface area contributed by atoms with E-state index in [1.165, 1.54) is 11.1 Å². The highest BCUT2D eigenvalue weighted by Crippen LogP contribution is 2.10. The number of benzene rings is 1. The van der Waals surface area contributed by atoms with Crippen molar-refractivity contribution in [3.63, 3.8) is 0 Å². The Labute approximate surface area is 74.1 Å². The second kappa shape index (κ2) is 4.27. The molecule has 66 valence electrons. The smallest absolute Gasteiger partial charge is 0.0515 e. The van der Waals surface area contributed by atoms with Gasteiger partial charge in [-0.05, 0) is 37.8 Å². The van der Waals surface area contributed by atoms with Crippen molar-refractivity contribution in [2.45, 2.75) is 32.8 Å². The Morgan fingerprint density at radius 2 is 2.00 bits per heavy atom. The summed E-state index contributed by atoms with van der Waals surface area (Å²) < 4.78 is 0. The van der Waals surface area contributed by atoms with Gasteiger partial charge in [-0.1, -0.05) is 24.3 Å². The Kier molecular flexibility index (Phi) is 3.30. The summed E-state index contributed by atoms with van der Waals surface area (Å²) in [6, 6.07) is 8.32. The van der Waals surface area contributed by atoms with Crippen LogP contribution < -0.4 is 0 Å². The summed E-state index contributed by atoms with van der Waals surface area (Å²) in [7, 11) is 0. The van der Waals surface area contributed by atoms with Crippen LogP contribution in [0, 0.1) is 6.92 Å². The van der Waals surface area contributed by atoms with Crippen LogP contribution in [0.1, 0.15) is 24.5 Å². The average Bonchev–Trinajstić information content (AvgIpc) is 2.03. The van der Waals surface area contributed by atoms with Crippen molar-refractivity contribution in [3.8, 4) is 0 Å². The molecule has 1 N–H and O–H groups in total. The Balaban J connectivity index is 2.57. The number of rotatable bonds is 3. The van der Waals surface area contributed by atoms with E-state index < -0.39 is 0 Å². The van der Waals surface area contributed by atoms with Crippen molar-refractivity contribution in [3.05, 3.63) is 35.4 Å². The highest BCUT2D eigenvalue weighted by Gasteiger charge is 1.99. The number of aliphatic hydroxyl groups excluding tert-OH is 1. The van der Waals surface area contributed by atoms with Crippen LogP contribution in [-0.2, 0) is 6.42 Å². The van der Waals surface area contributed by atoms with E-state index in [4.69, 9.17) is 5.11 Å². The van der Waals surface area contributed by atoms with Gasteiger partial charge in [-0.3, -0.25) is 0 Å². The summed E-state index contributed by atoms with van der Waals surface area (Å²) >= 11 is 0. The maximum atomic E-state index is 9.10. The highest BCUT2D eigenvalue weighted by molar-refractivity contribution is 5.25. The molecule has 0 saturated heterocycles. The van der Waals surface area contributed by atoms with Crippen molar-refractivity contribution in [1.82, 2.24) is 0 Å². The number of hydrogen-bond acceptors (Lipinski definition) is 1. The molecule has 0 amide bonds. The lowest BCUT2D eigenvalue weighted by Crippen LogP contribution is -2.02. The Morgan fingerprint density at radius 3 is 2.58 bits per heavy atom. The number of aryl methyl sites for hydroxylation is 2. The molecule has 0 aromatic heterocycles. The van der Waals surface area contributed by atoms with Crippen LogP contribution in [0.15, 0.2) is 24.3 Å².